The number of rotatable bonds is 2. The summed E-state index contributed by atoms with van der Waals surface area (Å²) in [5.74, 6) is 0.381. The maximum atomic E-state index is 11.8. The third-order valence-electron chi connectivity index (χ3n) is 2.73. The number of fused-ring (bicyclic) bond motifs is 1. The normalized spacial score (nSPS) is 14.1. The zero-order valence-electron chi connectivity index (χ0n) is 8.86. The molecule has 0 fully saturated rings. The molecule has 2 rings (SSSR count). The molecule has 3 nitrogen and oxygen atoms in total. The van der Waals surface area contributed by atoms with E-state index >= 15 is 0 Å². The van der Waals surface area contributed by atoms with Crippen LogP contribution in [0.4, 0.5) is 5.69 Å². The highest BCUT2D eigenvalue weighted by molar-refractivity contribution is 5.95. The number of phenols is 1. The predicted molar refractivity (Wildman–Crippen MR) is 59.1 cm³/mol. The number of carbonyl (C=O) groups is 1. The number of phenolic OH excluding ortho intramolecular Hbond substituents is 1. The molecule has 3 heteroatoms. The topological polar surface area (TPSA) is 40.5 Å². The Morgan fingerprint density at radius 3 is 3.07 bits per heavy atom. The molecule has 1 aliphatic heterocycles. The van der Waals surface area contributed by atoms with Crippen molar-refractivity contribution >= 4 is 11.6 Å². The Morgan fingerprint density at radius 1 is 1.53 bits per heavy atom. The van der Waals surface area contributed by atoms with E-state index in [2.05, 4.69) is 0 Å². The van der Waals surface area contributed by atoms with Gasteiger partial charge < -0.3 is 10.0 Å². The monoisotopic (exact) mass is 205 g/mol. The molecule has 0 saturated heterocycles. The van der Waals surface area contributed by atoms with Crippen LogP contribution >= 0.6 is 0 Å². The van der Waals surface area contributed by atoms with Crippen LogP contribution in [-0.4, -0.2) is 17.6 Å². The first kappa shape index (κ1) is 10.0. The maximum absolute atomic E-state index is 11.8. The first-order valence-electron chi connectivity index (χ1n) is 5.34. The van der Waals surface area contributed by atoms with Gasteiger partial charge in [0.25, 0.3) is 0 Å². The summed E-state index contributed by atoms with van der Waals surface area (Å²) in [6, 6.07) is 5.24. The minimum absolute atomic E-state index is 0.154. The summed E-state index contributed by atoms with van der Waals surface area (Å²) in [6.07, 6.45) is 2.34. The van der Waals surface area contributed by atoms with Crippen molar-refractivity contribution in [3.8, 4) is 5.75 Å². The molecule has 0 spiro atoms. The van der Waals surface area contributed by atoms with E-state index in [9.17, 15) is 9.90 Å². The Hall–Kier alpha value is -1.51. The molecule has 1 aromatic carbocycles. The molecule has 80 valence electrons. The standard InChI is InChI=1S/C12H15NO2/c1-2-3-12(15)13-7-6-9-4-5-10(14)8-11(9)13/h4-5,8,14H,2-3,6-7H2,1H3. The Balaban J connectivity index is 2.27. The summed E-state index contributed by atoms with van der Waals surface area (Å²) in [4.78, 5) is 13.5. The lowest BCUT2D eigenvalue weighted by molar-refractivity contribution is -0.118. The van der Waals surface area contributed by atoms with E-state index in [4.69, 9.17) is 0 Å². The van der Waals surface area contributed by atoms with E-state index in [0.717, 1.165) is 30.6 Å². The summed E-state index contributed by atoms with van der Waals surface area (Å²) in [5.41, 5.74) is 2.03. The van der Waals surface area contributed by atoms with Crippen LogP contribution in [0.15, 0.2) is 18.2 Å². The SMILES string of the molecule is CCCC(=O)N1CCc2ccc(O)cc21. The molecule has 1 aromatic rings. The molecule has 0 bridgehead atoms. The summed E-state index contributed by atoms with van der Waals surface area (Å²) < 4.78 is 0. The average molecular weight is 205 g/mol. The van der Waals surface area contributed by atoms with Gasteiger partial charge in [-0.05, 0) is 24.5 Å². The number of hydrogen-bond acceptors (Lipinski definition) is 2. The number of aromatic hydroxyl groups is 1. The lowest BCUT2D eigenvalue weighted by atomic mass is 10.1. The van der Waals surface area contributed by atoms with E-state index in [0.29, 0.717) is 6.42 Å². The maximum Gasteiger partial charge on any atom is 0.226 e. The van der Waals surface area contributed by atoms with Crippen molar-refractivity contribution < 1.29 is 9.90 Å². The van der Waals surface area contributed by atoms with Crippen LogP contribution in [0, 0.1) is 0 Å². The van der Waals surface area contributed by atoms with Gasteiger partial charge in [-0.1, -0.05) is 13.0 Å². The lowest BCUT2D eigenvalue weighted by Crippen LogP contribution is -2.28. The smallest absolute Gasteiger partial charge is 0.226 e. The molecule has 0 aliphatic carbocycles. The molecule has 0 radical (unpaired) electrons. The van der Waals surface area contributed by atoms with Gasteiger partial charge in [0.2, 0.25) is 5.91 Å². The minimum atomic E-state index is 0.154. The van der Waals surface area contributed by atoms with Crippen molar-refractivity contribution in [2.45, 2.75) is 26.2 Å². The molecule has 0 unspecified atom stereocenters. The van der Waals surface area contributed by atoms with Gasteiger partial charge in [-0.3, -0.25) is 4.79 Å². The number of nitrogens with zero attached hydrogens (tertiary/aromatic N) is 1. The summed E-state index contributed by atoms with van der Waals surface area (Å²) in [6.45, 7) is 2.75. The van der Waals surface area contributed by atoms with Crippen molar-refractivity contribution in [2.24, 2.45) is 0 Å². The molecular weight excluding hydrogens is 190 g/mol. The largest absolute Gasteiger partial charge is 0.508 e. The number of carbonyl (C=O) groups excluding carboxylic acids is 1. The van der Waals surface area contributed by atoms with Crippen LogP contribution in [0.5, 0.6) is 5.75 Å². The zero-order valence-corrected chi connectivity index (χ0v) is 8.86. The fourth-order valence-electron chi connectivity index (χ4n) is 1.98. The first-order chi connectivity index (χ1) is 7.22. The van der Waals surface area contributed by atoms with E-state index in [1.54, 1.807) is 17.0 Å². The molecule has 0 aromatic heterocycles. The van der Waals surface area contributed by atoms with Crippen LogP contribution in [0.25, 0.3) is 0 Å². The second kappa shape index (κ2) is 3.93. The number of hydrogen-bond donors (Lipinski definition) is 1. The third-order valence-corrected chi connectivity index (χ3v) is 2.73. The van der Waals surface area contributed by atoms with E-state index in [-0.39, 0.29) is 11.7 Å². The fourth-order valence-corrected chi connectivity index (χ4v) is 1.98. The van der Waals surface area contributed by atoms with Crippen molar-refractivity contribution in [3.05, 3.63) is 23.8 Å². The highest BCUT2D eigenvalue weighted by atomic mass is 16.3. The molecule has 1 amide bonds. The minimum Gasteiger partial charge on any atom is -0.508 e. The lowest BCUT2D eigenvalue weighted by Gasteiger charge is -2.16. The van der Waals surface area contributed by atoms with Crippen LogP contribution in [-0.2, 0) is 11.2 Å². The molecule has 15 heavy (non-hydrogen) atoms. The Morgan fingerprint density at radius 2 is 2.33 bits per heavy atom. The molecule has 1 heterocycles. The molecule has 1 N–H and O–H groups in total. The van der Waals surface area contributed by atoms with Gasteiger partial charge in [0, 0.05) is 19.0 Å². The van der Waals surface area contributed by atoms with Crippen LogP contribution < -0.4 is 4.90 Å². The van der Waals surface area contributed by atoms with Crippen molar-refractivity contribution in [2.75, 3.05) is 11.4 Å². The van der Waals surface area contributed by atoms with Crippen LogP contribution in [0.1, 0.15) is 25.3 Å². The number of amides is 1. The third kappa shape index (κ3) is 1.82. The fraction of sp³-hybridized carbons (Fsp3) is 0.417. The van der Waals surface area contributed by atoms with E-state index < -0.39 is 0 Å². The zero-order chi connectivity index (χ0) is 10.8. The summed E-state index contributed by atoms with van der Waals surface area (Å²) >= 11 is 0. The predicted octanol–water partition coefficient (Wildman–Crippen LogP) is 2.08. The quantitative estimate of drug-likeness (QED) is 0.803. The van der Waals surface area contributed by atoms with Gasteiger partial charge in [0.15, 0.2) is 0 Å². The second-order valence-electron chi connectivity index (χ2n) is 3.86. The van der Waals surface area contributed by atoms with Gasteiger partial charge in [-0.2, -0.15) is 0 Å². The summed E-state index contributed by atoms with van der Waals surface area (Å²) in [7, 11) is 0. The van der Waals surface area contributed by atoms with Crippen LogP contribution in [0.2, 0.25) is 0 Å². The van der Waals surface area contributed by atoms with Crippen LogP contribution in [0.3, 0.4) is 0 Å². The van der Waals surface area contributed by atoms with Crippen molar-refractivity contribution in [1.29, 1.82) is 0 Å². The van der Waals surface area contributed by atoms with Crippen molar-refractivity contribution in [1.82, 2.24) is 0 Å². The average Bonchev–Trinajstić information content (AvgIpc) is 2.60. The second-order valence-corrected chi connectivity index (χ2v) is 3.86. The van der Waals surface area contributed by atoms with Gasteiger partial charge in [0.05, 0.1) is 5.69 Å². The Bertz CT molecular complexity index is 387. The highest BCUT2D eigenvalue weighted by Gasteiger charge is 2.23. The Labute approximate surface area is 89.3 Å². The highest BCUT2D eigenvalue weighted by Crippen LogP contribution is 2.31. The van der Waals surface area contributed by atoms with Gasteiger partial charge >= 0.3 is 0 Å². The van der Waals surface area contributed by atoms with Gasteiger partial charge in [0.1, 0.15) is 5.75 Å². The molecular formula is C12H15NO2. The number of benzene rings is 1. The van der Waals surface area contributed by atoms with Gasteiger partial charge in [-0.25, -0.2) is 0 Å². The van der Waals surface area contributed by atoms with E-state index in [1.807, 2.05) is 13.0 Å². The first-order valence-corrected chi connectivity index (χ1v) is 5.34. The van der Waals surface area contributed by atoms with E-state index in [1.165, 1.54) is 0 Å². The molecule has 0 atom stereocenters. The summed E-state index contributed by atoms with van der Waals surface area (Å²) in [5, 5.41) is 9.39. The molecule has 0 saturated carbocycles. The Kier molecular flexibility index (Phi) is 2.62. The number of anilines is 1. The molecule has 1 aliphatic rings. The van der Waals surface area contributed by atoms with Crippen molar-refractivity contribution in [3.63, 3.8) is 0 Å². The van der Waals surface area contributed by atoms with Gasteiger partial charge in [-0.15, -0.1) is 0 Å².